The van der Waals surface area contributed by atoms with Crippen molar-refractivity contribution in [2.24, 2.45) is 0 Å². The molecule has 3 aromatic rings. The second kappa shape index (κ2) is 8.48. The lowest BCUT2D eigenvalue weighted by molar-refractivity contribution is 0.0428. The maximum absolute atomic E-state index is 13.0. The molecule has 0 bridgehead atoms. The molecule has 3 aromatic heterocycles. The van der Waals surface area contributed by atoms with Gasteiger partial charge in [0.05, 0.1) is 19.3 Å². The summed E-state index contributed by atoms with van der Waals surface area (Å²) < 4.78 is 23.4. The van der Waals surface area contributed by atoms with Gasteiger partial charge in [0.25, 0.3) is 5.71 Å². The fourth-order valence-electron chi connectivity index (χ4n) is 2.77. The van der Waals surface area contributed by atoms with E-state index in [2.05, 4.69) is 15.2 Å². The molecule has 0 aliphatic rings. The van der Waals surface area contributed by atoms with Crippen molar-refractivity contribution in [1.82, 2.24) is 19.9 Å². The molecule has 0 N–H and O–H groups in total. The third-order valence-electron chi connectivity index (χ3n) is 3.91. The molecule has 0 unspecified atom stereocenters. The standard InChI is InChI=1S/C21H27N5O6/c1-20(2,3)30-18(27)26(19(28)31-21(4,5)6)16-15-14(29-7)11-13(23-17(15)32-24-16)12-25-10-8-9-22-25/h8-11H,12H2,1-7H3. The molecule has 3 rings (SSSR count). The van der Waals surface area contributed by atoms with Gasteiger partial charge in [-0.1, -0.05) is 5.16 Å². The number of methoxy groups -OCH3 is 1. The van der Waals surface area contributed by atoms with Gasteiger partial charge in [0.2, 0.25) is 5.82 Å². The van der Waals surface area contributed by atoms with Gasteiger partial charge < -0.3 is 18.7 Å². The Morgan fingerprint density at radius 2 is 1.72 bits per heavy atom. The summed E-state index contributed by atoms with van der Waals surface area (Å²) in [4.78, 5) is 31.0. The van der Waals surface area contributed by atoms with E-state index in [1.165, 1.54) is 7.11 Å². The van der Waals surface area contributed by atoms with Crippen molar-refractivity contribution in [3.8, 4) is 5.75 Å². The van der Waals surface area contributed by atoms with E-state index in [9.17, 15) is 9.59 Å². The van der Waals surface area contributed by atoms with Crippen LogP contribution in [0.5, 0.6) is 5.75 Å². The summed E-state index contributed by atoms with van der Waals surface area (Å²) in [5.74, 6) is 0.170. The number of nitrogens with zero attached hydrogens (tertiary/aromatic N) is 5. The van der Waals surface area contributed by atoms with Crippen molar-refractivity contribution in [3.63, 3.8) is 0 Å². The van der Waals surface area contributed by atoms with Crippen LogP contribution in [0.25, 0.3) is 11.1 Å². The van der Waals surface area contributed by atoms with Crippen LogP contribution in [0.2, 0.25) is 0 Å². The Balaban J connectivity index is 2.09. The second-order valence-electron chi connectivity index (χ2n) is 9.00. The summed E-state index contributed by atoms with van der Waals surface area (Å²) in [7, 11) is 1.45. The van der Waals surface area contributed by atoms with E-state index in [0.29, 0.717) is 22.9 Å². The van der Waals surface area contributed by atoms with Gasteiger partial charge in [-0.15, -0.1) is 0 Å². The van der Waals surface area contributed by atoms with Crippen LogP contribution < -0.4 is 9.64 Å². The average molecular weight is 445 g/mol. The van der Waals surface area contributed by atoms with Crippen LogP contribution in [0.15, 0.2) is 29.0 Å². The molecule has 2 amide bonds. The molecule has 0 saturated heterocycles. The molecule has 0 radical (unpaired) electrons. The molecule has 11 nitrogen and oxygen atoms in total. The van der Waals surface area contributed by atoms with Gasteiger partial charge in [-0.05, 0) is 47.6 Å². The van der Waals surface area contributed by atoms with E-state index in [1.807, 2.05) is 0 Å². The summed E-state index contributed by atoms with van der Waals surface area (Å²) >= 11 is 0. The highest BCUT2D eigenvalue weighted by Crippen LogP contribution is 2.35. The molecule has 0 aromatic carbocycles. The van der Waals surface area contributed by atoms with E-state index >= 15 is 0 Å². The Bertz CT molecular complexity index is 1080. The maximum Gasteiger partial charge on any atom is 0.425 e. The van der Waals surface area contributed by atoms with Crippen LogP contribution >= 0.6 is 0 Å². The van der Waals surface area contributed by atoms with Crippen molar-refractivity contribution in [1.29, 1.82) is 0 Å². The van der Waals surface area contributed by atoms with Gasteiger partial charge in [-0.25, -0.2) is 14.6 Å². The van der Waals surface area contributed by atoms with Crippen LogP contribution in [0.4, 0.5) is 15.4 Å². The zero-order valence-corrected chi connectivity index (χ0v) is 19.2. The number of hydrogen-bond acceptors (Lipinski definition) is 9. The monoisotopic (exact) mass is 445 g/mol. The van der Waals surface area contributed by atoms with Crippen molar-refractivity contribution in [2.45, 2.75) is 59.3 Å². The molecule has 172 valence electrons. The Kier molecular flexibility index (Phi) is 6.11. The van der Waals surface area contributed by atoms with Crippen molar-refractivity contribution < 1.29 is 28.3 Å². The van der Waals surface area contributed by atoms with Gasteiger partial charge in [0.1, 0.15) is 22.3 Å². The lowest BCUT2D eigenvalue weighted by atomic mass is 10.2. The minimum atomic E-state index is -0.968. The number of rotatable bonds is 4. The van der Waals surface area contributed by atoms with Gasteiger partial charge in [-0.2, -0.15) is 10.00 Å². The fraction of sp³-hybridized carbons (Fsp3) is 0.476. The predicted molar refractivity (Wildman–Crippen MR) is 115 cm³/mol. The lowest BCUT2D eigenvalue weighted by Gasteiger charge is -2.27. The maximum atomic E-state index is 13.0. The molecule has 0 aliphatic carbocycles. The van der Waals surface area contributed by atoms with Crippen LogP contribution in [0.3, 0.4) is 0 Å². The normalized spacial score (nSPS) is 12.0. The molecule has 11 heteroatoms. The molecule has 0 fully saturated rings. The largest absolute Gasteiger partial charge is 0.496 e. The molecule has 0 saturated carbocycles. The number of pyridine rings is 1. The van der Waals surface area contributed by atoms with E-state index in [4.69, 9.17) is 18.7 Å². The Labute approximate surface area is 185 Å². The molecular formula is C21H27N5O6. The molecule has 32 heavy (non-hydrogen) atoms. The molecule has 0 atom stereocenters. The van der Waals surface area contributed by atoms with E-state index in [0.717, 1.165) is 0 Å². The molecule has 0 aliphatic heterocycles. The first-order chi connectivity index (χ1) is 14.9. The number of anilines is 1. The summed E-state index contributed by atoms with van der Waals surface area (Å²) in [5, 5.41) is 8.31. The minimum absolute atomic E-state index is 0.0821. The second-order valence-corrected chi connectivity index (χ2v) is 9.00. The highest BCUT2D eigenvalue weighted by Gasteiger charge is 2.37. The number of ether oxygens (including phenoxy) is 3. The SMILES string of the molecule is COc1cc(Cn2cccn2)nc2onc(N(C(=O)OC(C)(C)C)C(=O)OC(C)(C)C)c12. The Hall–Kier alpha value is -3.63. The number of imide groups is 1. The lowest BCUT2D eigenvalue weighted by Crippen LogP contribution is -2.44. The van der Waals surface area contributed by atoms with E-state index in [1.54, 1.807) is 70.8 Å². The minimum Gasteiger partial charge on any atom is -0.496 e. The number of hydrogen-bond donors (Lipinski definition) is 0. The smallest absolute Gasteiger partial charge is 0.425 e. The van der Waals surface area contributed by atoms with Crippen molar-refractivity contribution >= 4 is 29.1 Å². The van der Waals surface area contributed by atoms with Crippen LogP contribution in [-0.2, 0) is 16.0 Å². The van der Waals surface area contributed by atoms with Crippen molar-refractivity contribution in [2.75, 3.05) is 12.0 Å². The third kappa shape index (κ3) is 5.34. The highest BCUT2D eigenvalue weighted by atomic mass is 16.6. The van der Waals surface area contributed by atoms with Crippen LogP contribution in [0, 0.1) is 0 Å². The van der Waals surface area contributed by atoms with Crippen LogP contribution in [-0.4, -0.2) is 50.4 Å². The summed E-state index contributed by atoms with van der Waals surface area (Å²) in [5.41, 5.74) is -1.06. The number of carbonyl (C=O) groups is 2. The fourth-order valence-corrected chi connectivity index (χ4v) is 2.77. The summed E-state index contributed by atoms with van der Waals surface area (Å²) in [6.45, 7) is 10.5. The quantitative estimate of drug-likeness (QED) is 0.582. The van der Waals surface area contributed by atoms with E-state index in [-0.39, 0.29) is 16.9 Å². The first-order valence-electron chi connectivity index (χ1n) is 9.95. The van der Waals surface area contributed by atoms with Gasteiger partial charge in [0.15, 0.2) is 0 Å². The third-order valence-corrected chi connectivity index (χ3v) is 3.91. The molecule has 3 heterocycles. The van der Waals surface area contributed by atoms with Gasteiger partial charge in [0, 0.05) is 18.5 Å². The topological polar surface area (TPSA) is 122 Å². The summed E-state index contributed by atoms with van der Waals surface area (Å²) in [6, 6.07) is 3.45. The highest BCUT2D eigenvalue weighted by molar-refractivity contribution is 6.14. The predicted octanol–water partition coefficient (Wildman–Crippen LogP) is 4.15. The molecular weight excluding hydrogens is 418 g/mol. The zero-order chi connectivity index (χ0) is 23.7. The van der Waals surface area contributed by atoms with Gasteiger partial charge in [-0.3, -0.25) is 4.68 Å². The van der Waals surface area contributed by atoms with Crippen molar-refractivity contribution in [3.05, 3.63) is 30.2 Å². The average Bonchev–Trinajstić information content (AvgIpc) is 3.28. The molecule has 0 spiro atoms. The number of amides is 2. The first-order valence-corrected chi connectivity index (χ1v) is 9.95. The Morgan fingerprint density at radius 1 is 1.09 bits per heavy atom. The Morgan fingerprint density at radius 3 is 2.22 bits per heavy atom. The number of aromatic nitrogens is 4. The zero-order valence-electron chi connectivity index (χ0n) is 19.2. The number of carbonyl (C=O) groups excluding carboxylic acids is 2. The summed E-state index contributed by atoms with van der Waals surface area (Å²) in [6.07, 6.45) is 1.51. The van der Waals surface area contributed by atoms with Crippen LogP contribution in [0.1, 0.15) is 47.2 Å². The van der Waals surface area contributed by atoms with Gasteiger partial charge >= 0.3 is 12.2 Å². The number of fused-ring (bicyclic) bond motifs is 1. The van der Waals surface area contributed by atoms with E-state index < -0.39 is 23.4 Å². The first kappa shape index (κ1) is 23.0.